The van der Waals surface area contributed by atoms with Gasteiger partial charge in [-0.05, 0) is 29.3 Å². The maximum Gasteiger partial charge on any atom is 0.275 e. The fourth-order valence-electron chi connectivity index (χ4n) is 3.20. The summed E-state index contributed by atoms with van der Waals surface area (Å²) < 4.78 is 5.35. The van der Waals surface area contributed by atoms with Crippen molar-refractivity contribution in [1.82, 2.24) is 5.32 Å². The lowest BCUT2D eigenvalue weighted by Gasteiger charge is -2.11. The monoisotopic (exact) mass is 370 g/mol. The van der Waals surface area contributed by atoms with Gasteiger partial charge in [0.05, 0.1) is 12.7 Å². The first-order chi connectivity index (χ1) is 13.7. The molecule has 0 radical (unpaired) electrons. The normalized spacial score (nSPS) is 13.5. The predicted molar refractivity (Wildman–Crippen MR) is 109 cm³/mol. The summed E-state index contributed by atoms with van der Waals surface area (Å²) >= 11 is 0. The van der Waals surface area contributed by atoms with Gasteiger partial charge in [-0.25, -0.2) is 0 Å². The van der Waals surface area contributed by atoms with Crippen LogP contribution in [0, 0.1) is 0 Å². The number of imide groups is 1. The molecule has 0 bridgehead atoms. The molecule has 3 aromatic carbocycles. The van der Waals surface area contributed by atoms with E-state index in [0.717, 1.165) is 11.1 Å². The Morgan fingerprint density at radius 1 is 0.750 bits per heavy atom. The summed E-state index contributed by atoms with van der Waals surface area (Å²) in [5.74, 6) is -0.378. The number of nitrogens with one attached hydrogen (secondary N) is 2. The third-order valence-corrected chi connectivity index (χ3v) is 4.57. The van der Waals surface area contributed by atoms with E-state index in [1.165, 1.54) is 7.11 Å². The molecule has 138 valence electrons. The maximum atomic E-state index is 12.4. The Morgan fingerprint density at radius 2 is 1.39 bits per heavy atom. The highest BCUT2D eigenvalue weighted by Crippen LogP contribution is 2.32. The van der Waals surface area contributed by atoms with Crippen LogP contribution in [-0.4, -0.2) is 18.9 Å². The van der Waals surface area contributed by atoms with Gasteiger partial charge in [0.25, 0.3) is 11.8 Å². The maximum absolute atomic E-state index is 12.4. The van der Waals surface area contributed by atoms with Crippen LogP contribution in [0.25, 0.3) is 16.7 Å². The molecule has 3 aromatic rings. The molecule has 0 atom stereocenters. The average molecular weight is 370 g/mol. The second kappa shape index (κ2) is 7.40. The van der Waals surface area contributed by atoms with Crippen molar-refractivity contribution in [2.75, 3.05) is 12.4 Å². The number of ether oxygens (including phenoxy) is 1. The molecule has 0 unspecified atom stereocenters. The van der Waals surface area contributed by atoms with Crippen molar-refractivity contribution >= 4 is 23.1 Å². The van der Waals surface area contributed by atoms with Crippen LogP contribution in [-0.2, 0) is 9.59 Å². The zero-order valence-corrected chi connectivity index (χ0v) is 15.2. The molecule has 0 aliphatic carbocycles. The Bertz CT molecular complexity index is 1070. The van der Waals surface area contributed by atoms with E-state index >= 15 is 0 Å². The van der Waals surface area contributed by atoms with Crippen LogP contribution >= 0.6 is 0 Å². The highest BCUT2D eigenvalue weighted by atomic mass is 16.5. The Hall–Kier alpha value is -3.86. The van der Waals surface area contributed by atoms with Gasteiger partial charge in [0.1, 0.15) is 11.4 Å². The van der Waals surface area contributed by atoms with Gasteiger partial charge in [-0.2, -0.15) is 0 Å². The molecule has 0 aromatic heterocycles. The van der Waals surface area contributed by atoms with Gasteiger partial charge in [-0.1, -0.05) is 60.7 Å². The molecule has 0 spiro atoms. The van der Waals surface area contributed by atoms with Gasteiger partial charge in [0.2, 0.25) is 0 Å². The number of anilines is 1. The van der Waals surface area contributed by atoms with Crippen LogP contribution < -0.4 is 15.4 Å². The van der Waals surface area contributed by atoms with Crippen molar-refractivity contribution in [1.29, 1.82) is 0 Å². The van der Waals surface area contributed by atoms with Gasteiger partial charge in [0, 0.05) is 11.3 Å². The number of rotatable bonds is 5. The summed E-state index contributed by atoms with van der Waals surface area (Å²) in [4.78, 5) is 24.8. The largest absolute Gasteiger partial charge is 0.496 e. The Morgan fingerprint density at radius 3 is 2.11 bits per heavy atom. The minimum Gasteiger partial charge on any atom is -0.496 e. The van der Waals surface area contributed by atoms with Crippen molar-refractivity contribution in [2.45, 2.75) is 0 Å². The molecule has 0 saturated heterocycles. The Balaban J connectivity index is 1.69. The van der Waals surface area contributed by atoms with Gasteiger partial charge >= 0.3 is 0 Å². The molecule has 5 heteroatoms. The van der Waals surface area contributed by atoms with Gasteiger partial charge < -0.3 is 10.1 Å². The standard InChI is InChI=1S/C23H18N2O3/c1-28-19-10-6-5-9-18(19)20-21(23(27)25-22(20)26)24-17-13-11-16(12-14-17)15-7-3-2-4-8-15/h2-14H,1H3,(H2,24,25,26,27). The van der Waals surface area contributed by atoms with Gasteiger partial charge in [-0.15, -0.1) is 0 Å². The van der Waals surface area contributed by atoms with Crippen LogP contribution in [0.2, 0.25) is 0 Å². The molecule has 0 fully saturated rings. The first-order valence-corrected chi connectivity index (χ1v) is 8.83. The van der Waals surface area contributed by atoms with E-state index < -0.39 is 11.8 Å². The van der Waals surface area contributed by atoms with Crippen molar-refractivity contribution in [3.05, 3.63) is 90.1 Å². The van der Waals surface area contributed by atoms with E-state index in [1.54, 1.807) is 18.2 Å². The summed E-state index contributed by atoms with van der Waals surface area (Å²) in [6.45, 7) is 0. The fraction of sp³-hybridized carbons (Fsp3) is 0.0435. The lowest BCUT2D eigenvalue weighted by Crippen LogP contribution is -2.24. The molecule has 28 heavy (non-hydrogen) atoms. The first kappa shape index (κ1) is 17.5. The van der Waals surface area contributed by atoms with Crippen LogP contribution in [0.5, 0.6) is 5.75 Å². The molecule has 0 saturated carbocycles. The molecule has 1 aliphatic heterocycles. The zero-order valence-electron chi connectivity index (χ0n) is 15.2. The van der Waals surface area contributed by atoms with E-state index in [-0.39, 0.29) is 11.3 Å². The van der Waals surface area contributed by atoms with Crippen LogP contribution in [0.1, 0.15) is 5.56 Å². The molecule has 4 rings (SSSR count). The summed E-state index contributed by atoms with van der Waals surface area (Å²) in [7, 11) is 1.53. The van der Waals surface area contributed by atoms with Crippen molar-refractivity contribution in [3.8, 4) is 16.9 Å². The lowest BCUT2D eigenvalue weighted by atomic mass is 10.0. The third kappa shape index (κ3) is 3.25. The number of carbonyl (C=O) groups is 2. The number of methoxy groups -OCH3 is 1. The number of hydrogen-bond donors (Lipinski definition) is 2. The van der Waals surface area contributed by atoms with Crippen molar-refractivity contribution in [2.24, 2.45) is 0 Å². The number of para-hydroxylation sites is 1. The third-order valence-electron chi connectivity index (χ3n) is 4.57. The minimum atomic E-state index is -0.460. The van der Waals surface area contributed by atoms with E-state index in [0.29, 0.717) is 17.0 Å². The summed E-state index contributed by atoms with van der Waals surface area (Å²) in [6.07, 6.45) is 0. The first-order valence-electron chi connectivity index (χ1n) is 8.83. The molecule has 5 nitrogen and oxygen atoms in total. The van der Waals surface area contributed by atoms with E-state index in [9.17, 15) is 9.59 Å². The molecule has 2 amide bonds. The number of carbonyl (C=O) groups excluding carboxylic acids is 2. The van der Waals surface area contributed by atoms with Gasteiger partial charge in [-0.3, -0.25) is 14.9 Å². The van der Waals surface area contributed by atoms with Gasteiger partial charge in [0.15, 0.2) is 0 Å². The molecular formula is C23H18N2O3. The van der Waals surface area contributed by atoms with E-state index in [1.807, 2.05) is 60.7 Å². The summed E-state index contributed by atoms with van der Waals surface area (Å²) in [5.41, 5.74) is 3.94. The number of benzene rings is 3. The predicted octanol–water partition coefficient (Wildman–Crippen LogP) is 3.84. The fourth-order valence-corrected chi connectivity index (χ4v) is 3.20. The second-order valence-corrected chi connectivity index (χ2v) is 6.30. The van der Waals surface area contributed by atoms with Crippen LogP contribution in [0.4, 0.5) is 5.69 Å². The highest BCUT2D eigenvalue weighted by Gasteiger charge is 2.33. The second-order valence-electron chi connectivity index (χ2n) is 6.30. The zero-order chi connectivity index (χ0) is 19.5. The smallest absolute Gasteiger partial charge is 0.275 e. The summed E-state index contributed by atoms with van der Waals surface area (Å²) in [5, 5.41) is 5.45. The van der Waals surface area contributed by atoms with Crippen LogP contribution in [0.15, 0.2) is 84.6 Å². The lowest BCUT2D eigenvalue weighted by molar-refractivity contribution is -0.123. The minimum absolute atomic E-state index is 0.210. The van der Waals surface area contributed by atoms with E-state index in [2.05, 4.69) is 10.6 Å². The Labute approximate surface area is 162 Å². The highest BCUT2D eigenvalue weighted by molar-refractivity contribution is 6.37. The SMILES string of the molecule is COc1ccccc1C1=C(Nc2ccc(-c3ccccc3)cc2)C(=O)NC1=O. The van der Waals surface area contributed by atoms with Crippen LogP contribution in [0.3, 0.4) is 0 Å². The van der Waals surface area contributed by atoms with Crippen molar-refractivity contribution in [3.63, 3.8) is 0 Å². The van der Waals surface area contributed by atoms with E-state index in [4.69, 9.17) is 4.74 Å². The number of hydrogen-bond acceptors (Lipinski definition) is 4. The topological polar surface area (TPSA) is 67.4 Å². The Kier molecular flexibility index (Phi) is 4.64. The van der Waals surface area contributed by atoms with Crippen molar-refractivity contribution < 1.29 is 14.3 Å². The average Bonchev–Trinajstić information content (AvgIpc) is 3.02. The molecular weight excluding hydrogens is 352 g/mol. The molecule has 1 heterocycles. The molecule has 1 aliphatic rings. The molecule has 2 N–H and O–H groups in total. The number of amides is 2. The quantitative estimate of drug-likeness (QED) is 0.670. The summed E-state index contributed by atoms with van der Waals surface area (Å²) in [6, 6.07) is 24.8.